The van der Waals surface area contributed by atoms with Gasteiger partial charge in [-0.2, -0.15) is 0 Å². The van der Waals surface area contributed by atoms with Crippen LogP contribution in [0, 0.1) is 0 Å². The first kappa shape index (κ1) is 17.1. The largest absolute Gasteiger partial charge is 0.0912 e. The van der Waals surface area contributed by atoms with Crippen LogP contribution in [0.25, 0.3) is 5.57 Å². The fraction of sp³-hybridized carbons (Fsp3) is 0.429. The minimum absolute atomic E-state index is 0.0303. The quantitative estimate of drug-likeness (QED) is 0.532. The molecule has 0 aromatic heterocycles. The number of rotatable bonds is 1. The third-order valence-electron chi connectivity index (χ3n) is 4.11. The summed E-state index contributed by atoms with van der Waals surface area (Å²) in [6, 6.07) is 4.25. The Morgan fingerprint density at radius 3 is 1.86 bits per heavy atom. The molecule has 0 saturated heterocycles. The van der Waals surface area contributed by atoms with Crippen molar-refractivity contribution >= 4 is 17.2 Å². The second-order valence-corrected chi connectivity index (χ2v) is 8.59. The molecule has 0 bridgehead atoms. The zero-order chi connectivity index (χ0) is 16.7. The summed E-state index contributed by atoms with van der Waals surface area (Å²) >= 11 is 6.45. The third-order valence-corrected chi connectivity index (χ3v) is 4.33. The van der Waals surface area contributed by atoms with Crippen LogP contribution < -0.4 is 0 Å². The van der Waals surface area contributed by atoms with Gasteiger partial charge in [0.2, 0.25) is 0 Å². The summed E-state index contributed by atoms with van der Waals surface area (Å²) in [5.74, 6) is 0. The van der Waals surface area contributed by atoms with Crippen molar-refractivity contribution in [3.63, 3.8) is 0 Å². The Kier molecular flexibility index (Phi) is 4.46. The van der Waals surface area contributed by atoms with Crippen LogP contribution >= 0.6 is 11.6 Å². The van der Waals surface area contributed by atoms with Crippen LogP contribution in [0.4, 0.5) is 0 Å². The van der Waals surface area contributed by atoms with Gasteiger partial charge < -0.3 is 0 Å². The Hall–Kier alpha value is -1.27. The number of halogens is 1. The smallest absolute Gasteiger partial charge is 0.0412 e. The predicted molar refractivity (Wildman–Crippen MR) is 99.7 cm³/mol. The molecule has 1 aliphatic rings. The van der Waals surface area contributed by atoms with Crippen LogP contribution in [-0.4, -0.2) is 0 Å². The summed E-state index contributed by atoms with van der Waals surface area (Å²) in [6.07, 6.45) is 7.54. The molecule has 0 spiro atoms. The van der Waals surface area contributed by atoms with E-state index in [1.807, 2.05) is 0 Å². The van der Waals surface area contributed by atoms with E-state index in [1.165, 1.54) is 22.3 Å². The average Bonchev–Trinajstić information content (AvgIpc) is 2.37. The number of benzene rings is 1. The monoisotopic (exact) mass is 314 g/mol. The van der Waals surface area contributed by atoms with Crippen molar-refractivity contribution in [1.29, 1.82) is 0 Å². The van der Waals surface area contributed by atoms with Crippen LogP contribution in [0.15, 0.2) is 42.5 Å². The van der Waals surface area contributed by atoms with Crippen molar-refractivity contribution in [2.45, 2.75) is 58.8 Å². The lowest BCUT2D eigenvalue weighted by Gasteiger charge is -2.32. The molecule has 0 nitrogen and oxygen atoms in total. The van der Waals surface area contributed by atoms with E-state index in [2.05, 4.69) is 78.5 Å². The van der Waals surface area contributed by atoms with Gasteiger partial charge in [0, 0.05) is 5.02 Å². The highest BCUT2D eigenvalue weighted by atomic mass is 35.5. The predicted octanol–water partition coefficient (Wildman–Crippen LogP) is 6.83. The molecule has 0 heterocycles. The van der Waals surface area contributed by atoms with Crippen LogP contribution in [0.3, 0.4) is 0 Å². The molecule has 0 fully saturated rings. The van der Waals surface area contributed by atoms with Gasteiger partial charge in [-0.05, 0) is 57.2 Å². The molecule has 1 aromatic carbocycles. The normalized spacial score (nSPS) is 16.0. The Balaban J connectivity index is 2.84. The Morgan fingerprint density at radius 2 is 1.45 bits per heavy atom. The third kappa shape index (κ3) is 3.38. The first-order chi connectivity index (χ1) is 10.0. The van der Waals surface area contributed by atoms with E-state index in [-0.39, 0.29) is 10.8 Å². The molecule has 1 aromatic rings. The molecule has 0 unspecified atom stereocenters. The van der Waals surface area contributed by atoms with Gasteiger partial charge in [0.15, 0.2) is 0 Å². The molecule has 22 heavy (non-hydrogen) atoms. The lowest BCUT2D eigenvalue weighted by atomic mass is 9.72. The van der Waals surface area contributed by atoms with Crippen LogP contribution in [0.1, 0.15) is 64.7 Å². The van der Waals surface area contributed by atoms with Crippen LogP contribution in [0.5, 0.6) is 0 Å². The molecule has 0 aliphatic heterocycles. The summed E-state index contributed by atoms with van der Waals surface area (Å²) in [5.41, 5.74) is 6.32. The maximum Gasteiger partial charge on any atom is 0.0412 e. The highest BCUT2D eigenvalue weighted by Crippen LogP contribution is 2.42. The number of allylic oxidation sites excluding steroid dienone is 5. The fourth-order valence-electron chi connectivity index (χ4n) is 2.96. The SMILES string of the molecule is C=C1C=CCC=C1c1c(C(C)(C)C)cc(Cl)cc1C(C)(C)C. The van der Waals surface area contributed by atoms with Crippen LogP contribution in [-0.2, 0) is 10.8 Å². The van der Waals surface area contributed by atoms with Crippen molar-refractivity contribution < 1.29 is 0 Å². The number of hydrogen-bond acceptors (Lipinski definition) is 0. The van der Waals surface area contributed by atoms with Gasteiger partial charge >= 0.3 is 0 Å². The van der Waals surface area contributed by atoms with Gasteiger partial charge in [0.1, 0.15) is 0 Å². The van der Waals surface area contributed by atoms with Gasteiger partial charge in [-0.1, -0.05) is 78.0 Å². The minimum Gasteiger partial charge on any atom is -0.0912 e. The molecule has 0 radical (unpaired) electrons. The molecule has 2 rings (SSSR count). The number of hydrogen-bond donors (Lipinski definition) is 0. The molecule has 1 aliphatic carbocycles. The Morgan fingerprint density at radius 1 is 0.955 bits per heavy atom. The zero-order valence-corrected chi connectivity index (χ0v) is 15.4. The van der Waals surface area contributed by atoms with E-state index < -0.39 is 0 Å². The van der Waals surface area contributed by atoms with E-state index in [0.29, 0.717) is 0 Å². The zero-order valence-electron chi connectivity index (χ0n) is 14.7. The molecule has 0 amide bonds. The van der Waals surface area contributed by atoms with E-state index in [4.69, 9.17) is 11.6 Å². The van der Waals surface area contributed by atoms with Crippen LogP contribution in [0.2, 0.25) is 5.02 Å². The highest BCUT2D eigenvalue weighted by molar-refractivity contribution is 6.30. The van der Waals surface area contributed by atoms with Gasteiger partial charge in [-0.25, -0.2) is 0 Å². The van der Waals surface area contributed by atoms with Gasteiger partial charge in [0.05, 0.1) is 0 Å². The summed E-state index contributed by atoms with van der Waals surface area (Å²) in [6.45, 7) is 17.7. The lowest BCUT2D eigenvalue weighted by Crippen LogP contribution is -2.21. The topological polar surface area (TPSA) is 0 Å². The van der Waals surface area contributed by atoms with Crippen molar-refractivity contribution in [3.05, 3.63) is 64.2 Å². The molecule has 118 valence electrons. The van der Waals surface area contributed by atoms with Crippen molar-refractivity contribution in [2.24, 2.45) is 0 Å². The summed E-state index contributed by atoms with van der Waals surface area (Å²) in [7, 11) is 0. The highest BCUT2D eigenvalue weighted by Gasteiger charge is 2.28. The fourth-order valence-corrected chi connectivity index (χ4v) is 3.18. The lowest BCUT2D eigenvalue weighted by molar-refractivity contribution is 0.565. The van der Waals surface area contributed by atoms with Crippen molar-refractivity contribution in [3.8, 4) is 0 Å². The maximum absolute atomic E-state index is 6.45. The van der Waals surface area contributed by atoms with E-state index >= 15 is 0 Å². The minimum atomic E-state index is 0.0303. The second kappa shape index (κ2) is 5.74. The molecular formula is C21H27Cl. The molecule has 1 heteroatoms. The Bertz CT molecular complexity index is 623. The average molecular weight is 315 g/mol. The molecule has 0 saturated carbocycles. The molecule has 0 atom stereocenters. The van der Waals surface area contributed by atoms with Crippen molar-refractivity contribution in [2.75, 3.05) is 0 Å². The maximum atomic E-state index is 6.45. The first-order valence-electron chi connectivity index (χ1n) is 7.92. The van der Waals surface area contributed by atoms with Gasteiger partial charge in [-0.15, -0.1) is 0 Å². The molecular weight excluding hydrogens is 288 g/mol. The Labute approximate surface area is 140 Å². The summed E-state index contributed by atoms with van der Waals surface area (Å²) < 4.78 is 0. The summed E-state index contributed by atoms with van der Waals surface area (Å²) in [4.78, 5) is 0. The summed E-state index contributed by atoms with van der Waals surface area (Å²) in [5, 5.41) is 0.816. The van der Waals surface area contributed by atoms with Gasteiger partial charge in [0.25, 0.3) is 0 Å². The van der Waals surface area contributed by atoms with E-state index in [9.17, 15) is 0 Å². The van der Waals surface area contributed by atoms with Gasteiger partial charge in [-0.3, -0.25) is 0 Å². The van der Waals surface area contributed by atoms with Crippen molar-refractivity contribution in [1.82, 2.24) is 0 Å². The van der Waals surface area contributed by atoms with E-state index in [0.717, 1.165) is 17.0 Å². The van der Waals surface area contributed by atoms with E-state index in [1.54, 1.807) is 0 Å². The standard InChI is InChI=1S/C21H27Cl/c1-14-10-8-9-11-16(14)19-17(20(2,3)4)12-15(22)13-18(19)21(5,6)7/h8,10-13H,1,9H2,2-7H3. The first-order valence-corrected chi connectivity index (χ1v) is 8.30. The molecule has 0 N–H and O–H groups in total. The second-order valence-electron chi connectivity index (χ2n) is 8.16.